The van der Waals surface area contributed by atoms with E-state index >= 15 is 0 Å². The van der Waals surface area contributed by atoms with Crippen LogP contribution in [-0.2, 0) is 0 Å². The van der Waals surface area contributed by atoms with Gasteiger partial charge in [-0.1, -0.05) is 51.7 Å². The molecule has 0 amide bonds. The van der Waals surface area contributed by atoms with E-state index in [-0.39, 0.29) is 5.75 Å². The highest BCUT2D eigenvalue weighted by Crippen LogP contribution is 2.42. The van der Waals surface area contributed by atoms with Crippen LogP contribution in [0, 0.1) is 35.3 Å². The van der Waals surface area contributed by atoms with Gasteiger partial charge in [0.25, 0.3) is 0 Å². The van der Waals surface area contributed by atoms with Gasteiger partial charge in [-0.25, -0.2) is 4.39 Å². The lowest BCUT2D eigenvalue weighted by atomic mass is 9.68. The Bertz CT molecular complexity index is 653. The van der Waals surface area contributed by atoms with Crippen molar-refractivity contribution in [3.63, 3.8) is 0 Å². The van der Waals surface area contributed by atoms with Gasteiger partial charge in [-0.2, -0.15) is 4.39 Å². The Morgan fingerprint density at radius 2 is 1.52 bits per heavy atom. The molecule has 0 radical (unpaired) electrons. The van der Waals surface area contributed by atoms with Crippen molar-refractivity contribution < 1.29 is 13.5 Å². The molecule has 162 valence electrons. The van der Waals surface area contributed by atoms with Crippen molar-refractivity contribution in [2.75, 3.05) is 6.61 Å². The maximum atomic E-state index is 14.3. The van der Waals surface area contributed by atoms with Crippen molar-refractivity contribution in [2.24, 2.45) is 23.7 Å². The molecule has 1 aromatic carbocycles. The summed E-state index contributed by atoms with van der Waals surface area (Å²) in [5.74, 6) is 1.61. The molecule has 0 N–H and O–H groups in total. The average Bonchev–Trinajstić information content (AvgIpc) is 2.75. The summed E-state index contributed by atoms with van der Waals surface area (Å²) in [5, 5.41) is 0. The fourth-order valence-corrected chi connectivity index (χ4v) is 5.40. The van der Waals surface area contributed by atoms with Crippen LogP contribution >= 0.6 is 0 Å². The molecule has 0 saturated heterocycles. The number of hydrogen-bond donors (Lipinski definition) is 0. The van der Waals surface area contributed by atoms with Gasteiger partial charge in [-0.05, 0) is 80.8 Å². The third kappa shape index (κ3) is 6.06. The SMILES string of the molecule is CCCOc1ccc(C=CC2CCC(C3CCC(CCC)CC3)CC2)c(F)c1F. The van der Waals surface area contributed by atoms with E-state index in [0.29, 0.717) is 18.1 Å². The van der Waals surface area contributed by atoms with Gasteiger partial charge in [-0.3, -0.25) is 0 Å². The van der Waals surface area contributed by atoms with Crippen molar-refractivity contribution in [2.45, 2.75) is 84.5 Å². The molecule has 2 aliphatic rings. The van der Waals surface area contributed by atoms with Crippen molar-refractivity contribution >= 4 is 6.08 Å². The van der Waals surface area contributed by atoms with Crippen molar-refractivity contribution in [1.82, 2.24) is 0 Å². The molecule has 29 heavy (non-hydrogen) atoms. The first-order valence-corrected chi connectivity index (χ1v) is 11.9. The van der Waals surface area contributed by atoms with Crippen molar-refractivity contribution in [1.29, 1.82) is 0 Å². The summed E-state index contributed by atoms with van der Waals surface area (Å²) < 4.78 is 33.7. The zero-order chi connectivity index (χ0) is 20.6. The maximum absolute atomic E-state index is 14.3. The quantitative estimate of drug-likeness (QED) is 0.424. The predicted octanol–water partition coefficient (Wildman–Crippen LogP) is 8.18. The summed E-state index contributed by atoms with van der Waals surface area (Å²) >= 11 is 0. The maximum Gasteiger partial charge on any atom is 0.201 e. The number of halogens is 2. The number of ether oxygens (including phenoxy) is 1. The summed E-state index contributed by atoms with van der Waals surface area (Å²) in [7, 11) is 0. The van der Waals surface area contributed by atoms with Crippen LogP contribution in [0.4, 0.5) is 8.78 Å². The smallest absolute Gasteiger partial charge is 0.201 e. The lowest BCUT2D eigenvalue weighted by Gasteiger charge is -2.37. The summed E-state index contributed by atoms with van der Waals surface area (Å²) in [6, 6.07) is 3.17. The minimum Gasteiger partial charge on any atom is -0.490 e. The van der Waals surface area contributed by atoms with Gasteiger partial charge in [0.15, 0.2) is 11.6 Å². The van der Waals surface area contributed by atoms with Crippen LogP contribution in [0.25, 0.3) is 6.08 Å². The van der Waals surface area contributed by atoms with E-state index in [1.54, 1.807) is 18.2 Å². The molecule has 0 heterocycles. The third-order valence-electron chi connectivity index (χ3n) is 7.16. The van der Waals surface area contributed by atoms with E-state index in [1.807, 2.05) is 6.92 Å². The molecule has 2 fully saturated rings. The lowest BCUT2D eigenvalue weighted by molar-refractivity contribution is 0.152. The summed E-state index contributed by atoms with van der Waals surface area (Å²) in [4.78, 5) is 0. The van der Waals surface area contributed by atoms with Gasteiger partial charge in [0.05, 0.1) is 6.61 Å². The van der Waals surface area contributed by atoms with E-state index in [1.165, 1.54) is 64.2 Å². The molecular weight excluding hydrogens is 366 g/mol. The number of allylic oxidation sites excluding steroid dienone is 1. The molecule has 0 aromatic heterocycles. The highest BCUT2D eigenvalue weighted by molar-refractivity contribution is 5.52. The second-order valence-electron chi connectivity index (χ2n) is 9.23. The van der Waals surface area contributed by atoms with Gasteiger partial charge in [0.2, 0.25) is 5.82 Å². The lowest BCUT2D eigenvalue weighted by Crippen LogP contribution is -2.25. The first kappa shape index (κ1) is 22.3. The van der Waals surface area contributed by atoms with Crippen LogP contribution < -0.4 is 4.74 Å². The van der Waals surface area contributed by atoms with Crippen molar-refractivity contribution in [3.8, 4) is 5.75 Å². The Morgan fingerprint density at radius 3 is 2.14 bits per heavy atom. The molecule has 2 aliphatic carbocycles. The van der Waals surface area contributed by atoms with Gasteiger partial charge in [0.1, 0.15) is 0 Å². The van der Waals surface area contributed by atoms with Crippen LogP contribution in [-0.4, -0.2) is 6.61 Å². The second kappa shape index (κ2) is 11.1. The molecule has 3 rings (SSSR count). The molecule has 0 aliphatic heterocycles. The average molecular weight is 405 g/mol. The number of hydrogen-bond acceptors (Lipinski definition) is 1. The van der Waals surface area contributed by atoms with E-state index < -0.39 is 11.6 Å². The first-order chi connectivity index (χ1) is 14.1. The van der Waals surface area contributed by atoms with Gasteiger partial charge in [-0.15, -0.1) is 0 Å². The fraction of sp³-hybridized carbons (Fsp3) is 0.692. The first-order valence-electron chi connectivity index (χ1n) is 11.9. The predicted molar refractivity (Wildman–Crippen MR) is 117 cm³/mol. The van der Waals surface area contributed by atoms with Crippen LogP contribution in [0.2, 0.25) is 0 Å². The van der Waals surface area contributed by atoms with E-state index in [0.717, 1.165) is 24.2 Å². The zero-order valence-electron chi connectivity index (χ0n) is 18.3. The van der Waals surface area contributed by atoms with E-state index in [4.69, 9.17) is 4.74 Å². The Labute approximate surface area is 175 Å². The van der Waals surface area contributed by atoms with E-state index in [2.05, 4.69) is 13.0 Å². The highest BCUT2D eigenvalue weighted by Gasteiger charge is 2.30. The molecular formula is C26H38F2O. The normalized spacial score (nSPS) is 28.0. The monoisotopic (exact) mass is 404 g/mol. The summed E-state index contributed by atoms with van der Waals surface area (Å²) in [6.45, 7) is 4.64. The van der Waals surface area contributed by atoms with Gasteiger partial charge >= 0.3 is 0 Å². The minimum atomic E-state index is -0.872. The molecule has 0 atom stereocenters. The van der Waals surface area contributed by atoms with Gasteiger partial charge in [0, 0.05) is 5.56 Å². The highest BCUT2D eigenvalue weighted by atomic mass is 19.2. The second-order valence-corrected chi connectivity index (χ2v) is 9.23. The number of benzene rings is 1. The molecule has 3 heteroatoms. The Balaban J connectivity index is 1.48. The molecule has 1 aromatic rings. The van der Waals surface area contributed by atoms with Crippen LogP contribution in [0.5, 0.6) is 5.75 Å². The molecule has 2 saturated carbocycles. The van der Waals surface area contributed by atoms with E-state index in [9.17, 15) is 8.78 Å². The standard InChI is InChI=1S/C26H38F2O/c1-3-5-19-6-11-21(12-7-19)22-13-8-20(9-14-22)10-15-23-16-17-24(29-18-4-2)26(28)25(23)27/h10,15-17,19-22H,3-9,11-14,18H2,1-2H3. The largest absolute Gasteiger partial charge is 0.490 e. The third-order valence-corrected chi connectivity index (χ3v) is 7.16. The Kier molecular flexibility index (Phi) is 8.56. The van der Waals surface area contributed by atoms with Crippen molar-refractivity contribution in [3.05, 3.63) is 35.4 Å². The summed E-state index contributed by atoms with van der Waals surface area (Å²) in [6.07, 6.45) is 18.0. The van der Waals surface area contributed by atoms with Crippen LogP contribution in [0.3, 0.4) is 0 Å². The molecule has 1 nitrogen and oxygen atoms in total. The molecule has 0 unspecified atom stereocenters. The zero-order valence-corrected chi connectivity index (χ0v) is 18.3. The molecule has 0 spiro atoms. The molecule has 0 bridgehead atoms. The summed E-state index contributed by atoms with van der Waals surface area (Å²) in [5.41, 5.74) is 0.322. The van der Waals surface area contributed by atoms with Crippen LogP contribution in [0.1, 0.15) is 90.0 Å². The number of rotatable bonds is 8. The Hall–Kier alpha value is -1.38. The van der Waals surface area contributed by atoms with Crippen LogP contribution in [0.15, 0.2) is 18.2 Å². The minimum absolute atomic E-state index is 0.00988. The fourth-order valence-electron chi connectivity index (χ4n) is 5.40. The van der Waals surface area contributed by atoms with Gasteiger partial charge < -0.3 is 4.74 Å². The Morgan fingerprint density at radius 1 is 0.862 bits per heavy atom. The topological polar surface area (TPSA) is 9.23 Å².